The van der Waals surface area contributed by atoms with Crippen LogP contribution in [0.5, 0.6) is 0 Å². The lowest BCUT2D eigenvalue weighted by Gasteiger charge is -2.13. The molecule has 0 fully saturated rings. The normalized spacial score (nSPS) is 12.1. The monoisotopic (exact) mass is 293 g/mol. The van der Waals surface area contributed by atoms with E-state index in [0.717, 1.165) is 5.56 Å². The molecule has 0 aliphatic rings. The highest BCUT2D eigenvalue weighted by Gasteiger charge is 2.15. The minimum Gasteiger partial charge on any atom is -0.467 e. The number of furan rings is 1. The van der Waals surface area contributed by atoms with Gasteiger partial charge in [-0.2, -0.15) is 0 Å². The number of rotatable bonds is 6. The maximum atomic E-state index is 11.9. The van der Waals surface area contributed by atoms with E-state index in [2.05, 4.69) is 5.32 Å². The molecule has 20 heavy (non-hydrogen) atoms. The molecule has 4 nitrogen and oxygen atoms in total. The van der Waals surface area contributed by atoms with Gasteiger partial charge in [-0.25, -0.2) is 0 Å². The van der Waals surface area contributed by atoms with Crippen LogP contribution in [0.25, 0.3) is 0 Å². The minimum atomic E-state index is -0.503. The minimum absolute atomic E-state index is 0.138. The van der Waals surface area contributed by atoms with Crippen LogP contribution in [0.1, 0.15) is 23.8 Å². The zero-order valence-electron chi connectivity index (χ0n) is 10.9. The molecule has 0 aliphatic carbocycles. The zero-order valence-corrected chi connectivity index (χ0v) is 11.6. The van der Waals surface area contributed by atoms with Gasteiger partial charge in [0.25, 0.3) is 0 Å². The summed E-state index contributed by atoms with van der Waals surface area (Å²) in [6, 6.07) is 10.4. The molecule has 1 aromatic heterocycles. The van der Waals surface area contributed by atoms with Gasteiger partial charge in [0.05, 0.1) is 12.9 Å². The van der Waals surface area contributed by atoms with Crippen molar-refractivity contribution >= 4 is 17.5 Å². The van der Waals surface area contributed by atoms with E-state index >= 15 is 0 Å². The summed E-state index contributed by atoms with van der Waals surface area (Å²) < 4.78 is 5.17. The molecule has 1 heterocycles. The molecule has 1 amide bonds. The number of hydrogen-bond donors (Lipinski definition) is 2. The van der Waals surface area contributed by atoms with Crippen LogP contribution in [0.2, 0.25) is 5.02 Å². The van der Waals surface area contributed by atoms with Crippen molar-refractivity contribution in [1.82, 2.24) is 5.32 Å². The Morgan fingerprint density at radius 1 is 1.35 bits per heavy atom. The quantitative estimate of drug-likeness (QED) is 0.861. The molecule has 1 atom stereocenters. The van der Waals surface area contributed by atoms with Crippen LogP contribution in [0.15, 0.2) is 47.1 Å². The number of halogens is 1. The van der Waals surface area contributed by atoms with Crippen molar-refractivity contribution in [2.45, 2.75) is 18.9 Å². The maximum Gasteiger partial charge on any atom is 0.220 e. The average Bonchev–Trinajstić information content (AvgIpc) is 2.96. The van der Waals surface area contributed by atoms with E-state index in [-0.39, 0.29) is 12.5 Å². The summed E-state index contributed by atoms with van der Waals surface area (Å²) in [6.07, 6.45) is 2.44. The number of carbonyl (C=O) groups is 1. The van der Waals surface area contributed by atoms with Crippen LogP contribution in [0, 0.1) is 0 Å². The van der Waals surface area contributed by atoms with Crippen molar-refractivity contribution in [2.24, 2.45) is 0 Å². The maximum absolute atomic E-state index is 11.9. The van der Waals surface area contributed by atoms with Crippen molar-refractivity contribution in [1.29, 1.82) is 0 Å². The predicted octanol–water partition coefficient (Wildman–Crippen LogP) is 2.72. The molecule has 0 saturated carbocycles. The molecule has 1 unspecified atom stereocenters. The van der Waals surface area contributed by atoms with Crippen molar-refractivity contribution in [3.8, 4) is 0 Å². The van der Waals surface area contributed by atoms with E-state index in [1.165, 1.54) is 6.26 Å². The lowest BCUT2D eigenvalue weighted by Crippen LogP contribution is -2.30. The standard InChI is InChI=1S/C15H16ClNO3/c16-12-4-1-3-11(9-12)6-7-15(19)17-13(10-18)14-5-2-8-20-14/h1-5,8-9,13,18H,6-7,10H2,(H,17,19). The van der Waals surface area contributed by atoms with Gasteiger partial charge in [-0.3, -0.25) is 4.79 Å². The molecule has 0 saturated heterocycles. The second-order valence-corrected chi connectivity index (χ2v) is 4.88. The van der Waals surface area contributed by atoms with E-state index in [1.807, 2.05) is 18.2 Å². The fourth-order valence-electron chi connectivity index (χ4n) is 1.91. The number of nitrogens with one attached hydrogen (secondary N) is 1. The largest absolute Gasteiger partial charge is 0.467 e. The summed E-state index contributed by atoms with van der Waals surface area (Å²) in [5, 5.41) is 12.7. The van der Waals surface area contributed by atoms with Gasteiger partial charge in [0, 0.05) is 11.4 Å². The van der Waals surface area contributed by atoms with Gasteiger partial charge in [0.1, 0.15) is 11.8 Å². The number of aryl methyl sites for hydroxylation is 1. The lowest BCUT2D eigenvalue weighted by atomic mass is 10.1. The van der Waals surface area contributed by atoms with Gasteiger partial charge in [0.15, 0.2) is 0 Å². The summed E-state index contributed by atoms with van der Waals surface area (Å²) >= 11 is 5.89. The van der Waals surface area contributed by atoms with Crippen molar-refractivity contribution in [3.05, 3.63) is 59.0 Å². The Balaban J connectivity index is 1.86. The molecule has 2 aromatic rings. The lowest BCUT2D eigenvalue weighted by molar-refractivity contribution is -0.122. The van der Waals surface area contributed by atoms with E-state index < -0.39 is 6.04 Å². The molecule has 0 spiro atoms. The molecular formula is C15H16ClNO3. The van der Waals surface area contributed by atoms with E-state index in [9.17, 15) is 9.90 Å². The molecule has 0 bridgehead atoms. The highest BCUT2D eigenvalue weighted by Crippen LogP contribution is 2.14. The Kier molecular flexibility index (Phi) is 5.21. The summed E-state index contributed by atoms with van der Waals surface area (Å²) in [4.78, 5) is 11.9. The third-order valence-electron chi connectivity index (χ3n) is 2.93. The summed E-state index contributed by atoms with van der Waals surface area (Å²) in [5.41, 5.74) is 1.01. The third kappa shape index (κ3) is 4.11. The molecule has 5 heteroatoms. The molecule has 0 radical (unpaired) electrons. The molecule has 1 aromatic carbocycles. The first-order chi connectivity index (χ1) is 9.69. The summed E-state index contributed by atoms with van der Waals surface area (Å²) in [6.45, 7) is -0.198. The van der Waals surface area contributed by atoms with Gasteiger partial charge in [-0.15, -0.1) is 0 Å². The van der Waals surface area contributed by atoms with Crippen LogP contribution >= 0.6 is 11.6 Å². The molecular weight excluding hydrogens is 278 g/mol. The van der Waals surface area contributed by atoms with Gasteiger partial charge in [-0.1, -0.05) is 23.7 Å². The van der Waals surface area contributed by atoms with Gasteiger partial charge in [-0.05, 0) is 36.2 Å². The fourth-order valence-corrected chi connectivity index (χ4v) is 2.13. The predicted molar refractivity (Wildman–Crippen MR) is 76.5 cm³/mol. The highest BCUT2D eigenvalue weighted by molar-refractivity contribution is 6.30. The van der Waals surface area contributed by atoms with Crippen molar-refractivity contribution in [2.75, 3.05) is 6.61 Å². The molecule has 2 rings (SSSR count). The SMILES string of the molecule is O=C(CCc1cccc(Cl)c1)NC(CO)c1ccco1. The van der Waals surface area contributed by atoms with Gasteiger partial charge in [0.2, 0.25) is 5.91 Å². The number of amides is 1. The highest BCUT2D eigenvalue weighted by atomic mass is 35.5. The third-order valence-corrected chi connectivity index (χ3v) is 3.17. The number of aliphatic hydroxyl groups is 1. The average molecular weight is 294 g/mol. The Bertz CT molecular complexity index is 554. The Morgan fingerprint density at radius 2 is 2.20 bits per heavy atom. The van der Waals surface area contributed by atoms with E-state index in [0.29, 0.717) is 23.6 Å². The van der Waals surface area contributed by atoms with Crippen LogP contribution < -0.4 is 5.32 Å². The Hall–Kier alpha value is -1.78. The number of hydrogen-bond acceptors (Lipinski definition) is 3. The number of aliphatic hydroxyl groups excluding tert-OH is 1. The smallest absolute Gasteiger partial charge is 0.220 e. The van der Waals surface area contributed by atoms with Crippen LogP contribution in [0.4, 0.5) is 0 Å². The van der Waals surface area contributed by atoms with Gasteiger partial charge < -0.3 is 14.8 Å². The van der Waals surface area contributed by atoms with Crippen LogP contribution in [-0.4, -0.2) is 17.6 Å². The zero-order chi connectivity index (χ0) is 14.4. The van der Waals surface area contributed by atoms with E-state index in [4.69, 9.17) is 16.0 Å². The van der Waals surface area contributed by atoms with Crippen molar-refractivity contribution < 1.29 is 14.3 Å². The van der Waals surface area contributed by atoms with Gasteiger partial charge >= 0.3 is 0 Å². The number of carbonyl (C=O) groups excluding carboxylic acids is 1. The van der Waals surface area contributed by atoms with Crippen molar-refractivity contribution in [3.63, 3.8) is 0 Å². The van der Waals surface area contributed by atoms with E-state index in [1.54, 1.807) is 18.2 Å². The van der Waals surface area contributed by atoms with Crippen LogP contribution in [0.3, 0.4) is 0 Å². The topological polar surface area (TPSA) is 62.5 Å². The summed E-state index contributed by atoms with van der Waals surface area (Å²) in [5.74, 6) is 0.407. The molecule has 2 N–H and O–H groups in total. The Labute approximate surface area is 122 Å². The first-order valence-electron chi connectivity index (χ1n) is 6.37. The summed E-state index contributed by atoms with van der Waals surface area (Å²) in [7, 11) is 0. The Morgan fingerprint density at radius 3 is 2.85 bits per heavy atom. The first kappa shape index (κ1) is 14.6. The molecule has 106 valence electrons. The number of benzene rings is 1. The fraction of sp³-hybridized carbons (Fsp3) is 0.267. The van der Waals surface area contributed by atoms with Crippen LogP contribution in [-0.2, 0) is 11.2 Å². The second kappa shape index (κ2) is 7.12. The molecule has 0 aliphatic heterocycles. The first-order valence-corrected chi connectivity index (χ1v) is 6.75. The second-order valence-electron chi connectivity index (χ2n) is 4.45.